The normalized spacial score (nSPS) is 35.4. The molecule has 106 valence electrons. The number of Topliss-reactive ketones (excluding diaryl/α,β-unsaturated/α-hetero) is 1. The number of hydrogen-bond acceptors (Lipinski definition) is 2. The lowest BCUT2D eigenvalue weighted by Crippen LogP contribution is -2.36. The molecule has 4 rings (SSSR count). The van der Waals surface area contributed by atoms with Gasteiger partial charge in [0.25, 0.3) is 0 Å². The molecule has 0 aromatic heterocycles. The zero-order chi connectivity index (χ0) is 13.9. The summed E-state index contributed by atoms with van der Waals surface area (Å²) in [6.07, 6.45) is 6.37. The smallest absolute Gasteiger partial charge is 0.137 e. The van der Waals surface area contributed by atoms with Gasteiger partial charge in [-0.2, -0.15) is 0 Å². The van der Waals surface area contributed by atoms with Crippen LogP contribution < -0.4 is 0 Å². The maximum atomic E-state index is 11.6. The fraction of sp³-hybridized carbons (Fsp3) is 0.611. The molecule has 20 heavy (non-hydrogen) atoms. The Labute approximate surface area is 120 Å². The highest BCUT2D eigenvalue weighted by molar-refractivity contribution is 5.83. The van der Waals surface area contributed by atoms with Crippen molar-refractivity contribution < 1.29 is 9.90 Å². The van der Waals surface area contributed by atoms with E-state index in [1.54, 1.807) is 0 Å². The number of rotatable bonds is 0. The van der Waals surface area contributed by atoms with E-state index in [1.165, 1.54) is 22.3 Å². The molecule has 2 nitrogen and oxygen atoms in total. The first kappa shape index (κ1) is 12.6. The van der Waals surface area contributed by atoms with Crippen molar-refractivity contribution in [3.05, 3.63) is 34.4 Å². The van der Waals surface area contributed by atoms with Gasteiger partial charge in [-0.3, -0.25) is 4.79 Å². The molecule has 1 saturated carbocycles. The van der Waals surface area contributed by atoms with Crippen molar-refractivity contribution in [1.29, 1.82) is 0 Å². The summed E-state index contributed by atoms with van der Waals surface area (Å²) in [6, 6.07) is 4.44. The van der Waals surface area contributed by atoms with Gasteiger partial charge >= 0.3 is 0 Å². The topological polar surface area (TPSA) is 37.3 Å². The van der Waals surface area contributed by atoms with Crippen LogP contribution in [0.5, 0.6) is 0 Å². The molecule has 1 fully saturated rings. The zero-order valence-corrected chi connectivity index (χ0v) is 12.1. The van der Waals surface area contributed by atoms with E-state index in [2.05, 4.69) is 19.1 Å². The van der Waals surface area contributed by atoms with E-state index in [0.717, 1.165) is 32.1 Å². The van der Waals surface area contributed by atoms with Crippen molar-refractivity contribution in [3.63, 3.8) is 0 Å². The highest BCUT2D eigenvalue weighted by Crippen LogP contribution is 2.56. The van der Waals surface area contributed by atoms with Crippen LogP contribution >= 0.6 is 0 Å². The first-order valence-corrected chi connectivity index (χ1v) is 7.93. The molecular weight excluding hydrogens is 248 g/mol. The largest absolute Gasteiger partial charge is 0.393 e. The summed E-state index contributed by atoms with van der Waals surface area (Å²) >= 11 is 0. The van der Waals surface area contributed by atoms with Crippen molar-refractivity contribution in [1.82, 2.24) is 0 Å². The Balaban J connectivity index is 1.82. The molecule has 3 aliphatic carbocycles. The van der Waals surface area contributed by atoms with Gasteiger partial charge in [0.05, 0.1) is 6.10 Å². The van der Waals surface area contributed by atoms with Crippen molar-refractivity contribution in [2.24, 2.45) is 5.41 Å². The maximum Gasteiger partial charge on any atom is 0.137 e. The fourth-order valence-electron chi connectivity index (χ4n) is 4.89. The number of ketones is 1. The van der Waals surface area contributed by atoms with Crippen LogP contribution in [0.15, 0.2) is 12.1 Å². The summed E-state index contributed by atoms with van der Waals surface area (Å²) in [5.74, 6) is 0.901. The van der Waals surface area contributed by atoms with E-state index in [0.29, 0.717) is 24.5 Å². The number of hydrogen-bond donors (Lipinski definition) is 1. The summed E-state index contributed by atoms with van der Waals surface area (Å²) < 4.78 is 0. The highest BCUT2D eigenvalue weighted by atomic mass is 16.3. The van der Waals surface area contributed by atoms with E-state index in [1.807, 2.05) is 0 Å². The predicted octanol–water partition coefficient (Wildman–Crippen LogP) is 2.94. The summed E-state index contributed by atoms with van der Waals surface area (Å²) in [6.45, 7) is 2.27. The number of aliphatic hydroxyl groups is 1. The van der Waals surface area contributed by atoms with Crippen LogP contribution in [-0.2, 0) is 24.1 Å². The minimum absolute atomic E-state index is 0.0751. The Hall–Kier alpha value is -1.15. The monoisotopic (exact) mass is 270 g/mol. The van der Waals surface area contributed by atoms with Gasteiger partial charge in [0.2, 0.25) is 0 Å². The molecular formula is C18H22O2. The molecule has 1 N–H and O–H groups in total. The van der Waals surface area contributed by atoms with Crippen LogP contribution in [0.25, 0.3) is 0 Å². The Morgan fingerprint density at radius 3 is 2.85 bits per heavy atom. The second kappa shape index (κ2) is 4.17. The van der Waals surface area contributed by atoms with Crippen LogP contribution in [-0.4, -0.2) is 17.0 Å². The van der Waals surface area contributed by atoms with Gasteiger partial charge in [-0.25, -0.2) is 0 Å². The number of benzene rings is 1. The van der Waals surface area contributed by atoms with Gasteiger partial charge in [0.15, 0.2) is 0 Å². The standard InChI is InChI=1S/C18H22O2/c1-18-9-8-14-13-5-3-12(19)10-11(13)2-4-15(14)16(18)6-7-17(18)20/h2,4,16-17,20H,3,5-10H2,1H3/t16-,17?,18-/m0/s1. The third-order valence-corrected chi connectivity index (χ3v) is 6.18. The molecule has 2 heteroatoms. The second-order valence-electron chi connectivity index (χ2n) is 7.14. The lowest BCUT2D eigenvalue weighted by Gasteiger charge is -2.41. The Morgan fingerprint density at radius 1 is 1.15 bits per heavy atom. The van der Waals surface area contributed by atoms with Crippen LogP contribution in [0, 0.1) is 5.41 Å². The molecule has 0 heterocycles. The summed E-state index contributed by atoms with van der Waals surface area (Å²) in [5, 5.41) is 10.3. The molecule has 1 unspecified atom stereocenters. The van der Waals surface area contributed by atoms with Gasteiger partial charge in [-0.15, -0.1) is 0 Å². The highest BCUT2D eigenvalue weighted by Gasteiger charge is 2.49. The average molecular weight is 270 g/mol. The molecule has 1 aromatic carbocycles. The Bertz CT molecular complexity index is 589. The summed E-state index contributed by atoms with van der Waals surface area (Å²) in [5.41, 5.74) is 5.80. The van der Waals surface area contributed by atoms with Gasteiger partial charge in [0, 0.05) is 18.3 Å². The Kier molecular flexibility index (Phi) is 2.62. The summed E-state index contributed by atoms with van der Waals surface area (Å²) in [4.78, 5) is 11.6. The second-order valence-corrected chi connectivity index (χ2v) is 7.14. The predicted molar refractivity (Wildman–Crippen MR) is 77.9 cm³/mol. The molecule has 0 bridgehead atoms. The van der Waals surface area contributed by atoms with Crippen LogP contribution in [0.4, 0.5) is 0 Å². The molecule has 1 aromatic rings. The van der Waals surface area contributed by atoms with Crippen molar-refractivity contribution in [3.8, 4) is 0 Å². The fourth-order valence-corrected chi connectivity index (χ4v) is 4.89. The van der Waals surface area contributed by atoms with Crippen molar-refractivity contribution in [2.75, 3.05) is 0 Å². The zero-order valence-electron chi connectivity index (χ0n) is 12.1. The molecule has 0 spiro atoms. The minimum Gasteiger partial charge on any atom is -0.393 e. The third-order valence-electron chi connectivity index (χ3n) is 6.18. The van der Waals surface area contributed by atoms with Crippen LogP contribution in [0.1, 0.15) is 60.8 Å². The van der Waals surface area contributed by atoms with Crippen LogP contribution in [0.2, 0.25) is 0 Å². The number of carbonyl (C=O) groups is 1. The number of fused-ring (bicyclic) bond motifs is 5. The van der Waals surface area contributed by atoms with E-state index < -0.39 is 0 Å². The van der Waals surface area contributed by atoms with E-state index in [-0.39, 0.29) is 11.5 Å². The number of carbonyl (C=O) groups excluding carboxylic acids is 1. The van der Waals surface area contributed by atoms with Crippen LogP contribution in [0.3, 0.4) is 0 Å². The van der Waals surface area contributed by atoms with Gasteiger partial charge < -0.3 is 5.11 Å². The van der Waals surface area contributed by atoms with E-state index in [4.69, 9.17) is 0 Å². The molecule has 0 amide bonds. The summed E-state index contributed by atoms with van der Waals surface area (Å²) in [7, 11) is 0. The molecule has 3 atom stereocenters. The van der Waals surface area contributed by atoms with Crippen molar-refractivity contribution >= 4 is 5.78 Å². The molecule has 0 aliphatic heterocycles. The van der Waals surface area contributed by atoms with Crippen molar-refractivity contribution in [2.45, 2.75) is 63.9 Å². The maximum absolute atomic E-state index is 11.6. The minimum atomic E-state index is -0.140. The van der Waals surface area contributed by atoms with Gasteiger partial charge in [-0.1, -0.05) is 19.1 Å². The SMILES string of the molecule is C[C@]12CCc3c(ccc4c3CCC(=O)C4)[C@@H]1CCC2O. The molecule has 0 saturated heterocycles. The van der Waals surface area contributed by atoms with Gasteiger partial charge in [-0.05, 0) is 60.3 Å². The quantitative estimate of drug-likeness (QED) is 0.787. The number of aliphatic hydroxyl groups excluding tert-OH is 1. The first-order valence-electron chi connectivity index (χ1n) is 7.93. The lowest BCUT2D eigenvalue weighted by molar-refractivity contribution is -0.118. The lowest BCUT2D eigenvalue weighted by atomic mass is 9.64. The molecule has 0 radical (unpaired) electrons. The van der Waals surface area contributed by atoms with Gasteiger partial charge in [0.1, 0.15) is 5.78 Å². The third kappa shape index (κ3) is 1.57. The first-order chi connectivity index (χ1) is 9.59. The van der Waals surface area contributed by atoms with E-state index >= 15 is 0 Å². The van der Waals surface area contributed by atoms with E-state index in [9.17, 15) is 9.90 Å². The average Bonchev–Trinajstić information content (AvgIpc) is 2.74. The molecule has 3 aliphatic rings. The Morgan fingerprint density at radius 2 is 2.00 bits per heavy atom.